The summed E-state index contributed by atoms with van der Waals surface area (Å²) in [6, 6.07) is 17.4. The van der Waals surface area contributed by atoms with Crippen molar-refractivity contribution in [2.75, 3.05) is 38.6 Å². The molecule has 2 aromatic rings. The molecule has 0 aliphatic carbocycles. The number of carbonyl (C=O) groups is 2. The van der Waals surface area contributed by atoms with Crippen LogP contribution in [-0.4, -0.2) is 55.1 Å². The molecule has 0 radical (unpaired) electrons. The van der Waals surface area contributed by atoms with Crippen molar-refractivity contribution in [2.24, 2.45) is 0 Å². The molecule has 0 unspecified atom stereocenters. The number of ether oxygens (including phenoxy) is 1. The number of urea groups is 1. The molecule has 1 saturated heterocycles. The molecular weight excluding hydrogens is 366 g/mol. The number of anilines is 1. The Morgan fingerprint density at radius 3 is 2.52 bits per heavy atom. The van der Waals surface area contributed by atoms with Gasteiger partial charge in [0, 0.05) is 31.4 Å². The first-order valence-corrected chi connectivity index (χ1v) is 9.83. The van der Waals surface area contributed by atoms with Crippen molar-refractivity contribution in [2.45, 2.75) is 13.0 Å². The number of amides is 2. The first-order chi connectivity index (χ1) is 14.1. The maximum Gasteiger partial charge on any atom is 0.330 e. The fraction of sp³-hybridized carbons (Fsp3) is 0.304. The van der Waals surface area contributed by atoms with Gasteiger partial charge in [0.2, 0.25) is 0 Å². The Kier molecular flexibility index (Phi) is 7.03. The standard InChI is InChI=1S/C23H27N3O3/c1-3-29-22(27)14-11-18-9-12-20(13-10-18)24-23(28)26-16-15-25(2)17-21(26)19-7-5-4-6-8-19/h4-14,21H,3,15-17H2,1-2H3,(H,24,28)/b14-11-/t21-/m1/s1. The zero-order chi connectivity index (χ0) is 20.6. The van der Waals surface area contributed by atoms with Gasteiger partial charge in [-0.25, -0.2) is 9.59 Å². The number of likely N-dealkylation sites (N-methyl/N-ethyl adjacent to an activating group) is 1. The zero-order valence-electron chi connectivity index (χ0n) is 16.9. The maximum absolute atomic E-state index is 13.0. The highest BCUT2D eigenvalue weighted by Gasteiger charge is 2.30. The van der Waals surface area contributed by atoms with E-state index >= 15 is 0 Å². The molecule has 29 heavy (non-hydrogen) atoms. The minimum atomic E-state index is -0.369. The minimum absolute atomic E-state index is 0.0155. The van der Waals surface area contributed by atoms with Gasteiger partial charge in [-0.1, -0.05) is 42.5 Å². The summed E-state index contributed by atoms with van der Waals surface area (Å²) in [6.07, 6.45) is 3.08. The zero-order valence-corrected chi connectivity index (χ0v) is 16.9. The second-order valence-corrected chi connectivity index (χ2v) is 7.02. The second-order valence-electron chi connectivity index (χ2n) is 7.02. The van der Waals surface area contributed by atoms with E-state index in [0.717, 1.165) is 24.2 Å². The van der Waals surface area contributed by atoms with Crippen LogP contribution in [0.15, 0.2) is 60.7 Å². The van der Waals surface area contributed by atoms with Crippen LogP contribution in [0.25, 0.3) is 6.08 Å². The van der Waals surface area contributed by atoms with Crippen molar-refractivity contribution < 1.29 is 14.3 Å². The number of nitrogens with one attached hydrogen (secondary N) is 1. The molecule has 0 aromatic heterocycles. The van der Waals surface area contributed by atoms with Crippen molar-refractivity contribution in [3.63, 3.8) is 0 Å². The highest BCUT2D eigenvalue weighted by molar-refractivity contribution is 5.90. The molecule has 152 valence electrons. The monoisotopic (exact) mass is 393 g/mol. The number of hydrogen-bond donors (Lipinski definition) is 1. The Labute approximate surface area is 171 Å². The predicted octanol–water partition coefficient (Wildman–Crippen LogP) is 3.78. The quantitative estimate of drug-likeness (QED) is 0.620. The molecule has 1 fully saturated rings. The van der Waals surface area contributed by atoms with Crippen LogP contribution in [0.1, 0.15) is 24.1 Å². The number of esters is 1. The van der Waals surface area contributed by atoms with Crippen LogP contribution in [0.4, 0.5) is 10.5 Å². The minimum Gasteiger partial charge on any atom is -0.463 e. The van der Waals surface area contributed by atoms with Gasteiger partial charge < -0.3 is 19.9 Å². The largest absolute Gasteiger partial charge is 0.463 e. The Balaban J connectivity index is 1.66. The van der Waals surface area contributed by atoms with Gasteiger partial charge in [0.25, 0.3) is 0 Å². The van der Waals surface area contributed by atoms with Crippen LogP contribution < -0.4 is 5.32 Å². The van der Waals surface area contributed by atoms with E-state index in [4.69, 9.17) is 4.74 Å². The second kappa shape index (κ2) is 9.89. The first kappa shape index (κ1) is 20.6. The molecule has 0 bridgehead atoms. The van der Waals surface area contributed by atoms with E-state index < -0.39 is 0 Å². The van der Waals surface area contributed by atoms with Gasteiger partial charge in [-0.2, -0.15) is 0 Å². The van der Waals surface area contributed by atoms with Crippen molar-refractivity contribution in [1.82, 2.24) is 9.80 Å². The summed E-state index contributed by atoms with van der Waals surface area (Å²) in [7, 11) is 2.08. The summed E-state index contributed by atoms with van der Waals surface area (Å²) in [5.74, 6) is -0.369. The molecule has 1 aliphatic rings. The molecule has 1 atom stereocenters. The molecule has 1 heterocycles. The van der Waals surface area contributed by atoms with Crippen molar-refractivity contribution in [1.29, 1.82) is 0 Å². The van der Waals surface area contributed by atoms with Crippen LogP contribution in [0.3, 0.4) is 0 Å². The lowest BCUT2D eigenvalue weighted by atomic mass is 10.0. The molecular formula is C23H27N3O3. The third-order valence-corrected chi connectivity index (χ3v) is 4.89. The van der Waals surface area contributed by atoms with Crippen LogP contribution in [-0.2, 0) is 9.53 Å². The molecule has 1 aliphatic heterocycles. The summed E-state index contributed by atoms with van der Waals surface area (Å²) in [5.41, 5.74) is 2.71. The summed E-state index contributed by atoms with van der Waals surface area (Å²) >= 11 is 0. The van der Waals surface area contributed by atoms with Gasteiger partial charge in [0.05, 0.1) is 12.6 Å². The molecule has 2 amide bonds. The molecule has 6 nitrogen and oxygen atoms in total. The molecule has 3 rings (SSSR count). The number of piperazine rings is 1. The lowest BCUT2D eigenvalue weighted by Crippen LogP contribution is -2.50. The van der Waals surface area contributed by atoms with E-state index in [-0.39, 0.29) is 18.0 Å². The lowest BCUT2D eigenvalue weighted by molar-refractivity contribution is -0.137. The Bertz CT molecular complexity index is 849. The Hall–Kier alpha value is -3.12. The summed E-state index contributed by atoms with van der Waals surface area (Å²) in [6.45, 7) is 4.43. The predicted molar refractivity (Wildman–Crippen MR) is 115 cm³/mol. The fourth-order valence-electron chi connectivity index (χ4n) is 3.35. The normalized spacial score (nSPS) is 17.3. The third-order valence-electron chi connectivity index (χ3n) is 4.89. The van der Waals surface area contributed by atoms with Gasteiger partial charge in [-0.3, -0.25) is 0 Å². The highest BCUT2D eigenvalue weighted by Crippen LogP contribution is 2.25. The van der Waals surface area contributed by atoms with E-state index in [9.17, 15) is 9.59 Å². The van der Waals surface area contributed by atoms with Crippen LogP contribution in [0.5, 0.6) is 0 Å². The van der Waals surface area contributed by atoms with Crippen molar-refractivity contribution in [3.8, 4) is 0 Å². The third kappa shape index (κ3) is 5.68. The van der Waals surface area contributed by atoms with Gasteiger partial charge in [0.1, 0.15) is 0 Å². The van der Waals surface area contributed by atoms with Gasteiger partial charge >= 0.3 is 12.0 Å². The van der Waals surface area contributed by atoms with E-state index in [0.29, 0.717) is 18.8 Å². The Morgan fingerprint density at radius 2 is 1.83 bits per heavy atom. The maximum atomic E-state index is 13.0. The van der Waals surface area contributed by atoms with Gasteiger partial charge in [-0.15, -0.1) is 0 Å². The SMILES string of the molecule is CCOC(=O)/C=C\c1ccc(NC(=O)N2CCN(C)C[C@@H]2c2ccccc2)cc1. The lowest BCUT2D eigenvalue weighted by Gasteiger charge is -2.40. The van der Waals surface area contributed by atoms with Crippen LogP contribution in [0, 0.1) is 0 Å². The van der Waals surface area contributed by atoms with E-state index in [1.165, 1.54) is 6.08 Å². The number of rotatable bonds is 5. The van der Waals surface area contributed by atoms with Gasteiger partial charge in [0.15, 0.2) is 0 Å². The number of benzene rings is 2. The van der Waals surface area contributed by atoms with E-state index in [2.05, 4.69) is 29.4 Å². The van der Waals surface area contributed by atoms with Crippen LogP contribution in [0.2, 0.25) is 0 Å². The average Bonchev–Trinajstić information content (AvgIpc) is 2.74. The number of carbonyl (C=O) groups excluding carboxylic acids is 2. The average molecular weight is 393 g/mol. The fourth-order valence-corrected chi connectivity index (χ4v) is 3.35. The number of hydrogen-bond acceptors (Lipinski definition) is 4. The highest BCUT2D eigenvalue weighted by atomic mass is 16.5. The van der Waals surface area contributed by atoms with Crippen LogP contribution >= 0.6 is 0 Å². The molecule has 2 aromatic carbocycles. The molecule has 1 N–H and O–H groups in total. The van der Waals surface area contributed by atoms with Crippen molar-refractivity contribution in [3.05, 3.63) is 71.8 Å². The Morgan fingerprint density at radius 1 is 1.10 bits per heavy atom. The van der Waals surface area contributed by atoms with E-state index in [1.807, 2.05) is 47.4 Å². The smallest absolute Gasteiger partial charge is 0.330 e. The molecule has 0 spiro atoms. The summed E-state index contributed by atoms with van der Waals surface area (Å²) in [4.78, 5) is 28.5. The summed E-state index contributed by atoms with van der Waals surface area (Å²) < 4.78 is 4.87. The molecule has 0 saturated carbocycles. The first-order valence-electron chi connectivity index (χ1n) is 9.83. The van der Waals surface area contributed by atoms with E-state index in [1.54, 1.807) is 13.0 Å². The topological polar surface area (TPSA) is 61.9 Å². The number of nitrogens with zero attached hydrogens (tertiary/aromatic N) is 2. The van der Waals surface area contributed by atoms with Crippen molar-refractivity contribution >= 4 is 23.8 Å². The summed E-state index contributed by atoms with van der Waals surface area (Å²) in [5, 5.41) is 2.99. The van der Waals surface area contributed by atoms with Gasteiger partial charge in [-0.05, 0) is 43.3 Å². The molecule has 6 heteroatoms.